The first-order valence-electron chi connectivity index (χ1n) is 8.26. The summed E-state index contributed by atoms with van der Waals surface area (Å²) in [5, 5.41) is 12.2. The Morgan fingerprint density at radius 3 is 2.50 bits per heavy atom. The predicted octanol–water partition coefficient (Wildman–Crippen LogP) is 4.02. The van der Waals surface area contributed by atoms with E-state index in [1.165, 1.54) is 18.4 Å². The maximum atomic E-state index is 14.5. The normalized spacial score (nSPS) is 16.0. The zero-order chi connectivity index (χ0) is 19.3. The highest BCUT2D eigenvalue weighted by Crippen LogP contribution is 2.40. The van der Waals surface area contributed by atoms with Crippen LogP contribution < -0.4 is 5.32 Å². The second kappa shape index (κ2) is 6.22. The van der Waals surface area contributed by atoms with E-state index >= 15 is 0 Å². The van der Waals surface area contributed by atoms with Crippen molar-refractivity contribution in [3.05, 3.63) is 23.5 Å². The zero-order valence-electron chi connectivity index (χ0n) is 14.3. The SMILES string of the molecule is CC(C)(O)CC(=O)Nc1nc2cc(C(F)(F)F)cc(F)c2n1C1CCC1. The molecule has 3 rings (SSSR count). The van der Waals surface area contributed by atoms with Gasteiger partial charge in [-0.1, -0.05) is 0 Å². The van der Waals surface area contributed by atoms with Crippen LogP contribution in [0.1, 0.15) is 51.1 Å². The number of fused-ring (bicyclic) bond motifs is 1. The van der Waals surface area contributed by atoms with E-state index < -0.39 is 29.1 Å². The predicted molar refractivity (Wildman–Crippen MR) is 87.1 cm³/mol. The third kappa shape index (κ3) is 3.67. The van der Waals surface area contributed by atoms with Gasteiger partial charge in [0.2, 0.25) is 11.9 Å². The number of anilines is 1. The van der Waals surface area contributed by atoms with Crippen LogP contribution >= 0.6 is 0 Å². The number of amides is 1. The molecule has 1 saturated carbocycles. The molecule has 26 heavy (non-hydrogen) atoms. The molecule has 1 aliphatic rings. The lowest BCUT2D eigenvalue weighted by atomic mass is 9.92. The van der Waals surface area contributed by atoms with Crippen molar-refractivity contribution in [1.82, 2.24) is 9.55 Å². The molecule has 1 aliphatic carbocycles. The fraction of sp³-hybridized carbons (Fsp3) is 0.529. The molecule has 0 spiro atoms. The average Bonchev–Trinajstić information content (AvgIpc) is 2.72. The topological polar surface area (TPSA) is 67.2 Å². The maximum Gasteiger partial charge on any atom is 0.416 e. The molecule has 142 valence electrons. The number of nitrogens with zero attached hydrogens (tertiary/aromatic N) is 2. The molecule has 0 saturated heterocycles. The quantitative estimate of drug-likeness (QED) is 0.796. The summed E-state index contributed by atoms with van der Waals surface area (Å²) in [4.78, 5) is 16.1. The van der Waals surface area contributed by atoms with E-state index in [0.717, 1.165) is 25.3 Å². The number of rotatable bonds is 4. The molecule has 0 radical (unpaired) electrons. The van der Waals surface area contributed by atoms with Crippen LogP contribution in [0.3, 0.4) is 0 Å². The lowest BCUT2D eigenvalue weighted by Gasteiger charge is -2.29. The summed E-state index contributed by atoms with van der Waals surface area (Å²) >= 11 is 0. The summed E-state index contributed by atoms with van der Waals surface area (Å²) < 4.78 is 54.7. The Balaban J connectivity index is 2.07. The highest BCUT2D eigenvalue weighted by molar-refractivity contribution is 5.92. The average molecular weight is 373 g/mol. The first-order valence-corrected chi connectivity index (χ1v) is 8.26. The minimum absolute atomic E-state index is 0.00262. The molecule has 5 nitrogen and oxygen atoms in total. The molecule has 1 aromatic heterocycles. The van der Waals surface area contributed by atoms with Crippen LogP contribution in [0.15, 0.2) is 12.1 Å². The molecule has 2 N–H and O–H groups in total. The van der Waals surface area contributed by atoms with Crippen molar-refractivity contribution in [3.63, 3.8) is 0 Å². The number of nitrogens with one attached hydrogen (secondary N) is 1. The van der Waals surface area contributed by atoms with Crippen LogP contribution in [0.4, 0.5) is 23.5 Å². The summed E-state index contributed by atoms with van der Waals surface area (Å²) in [6, 6.07) is 1.09. The van der Waals surface area contributed by atoms with Gasteiger partial charge >= 0.3 is 6.18 Å². The van der Waals surface area contributed by atoms with Gasteiger partial charge in [0.15, 0.2) is 0 Å². The Morgan fingerprint density at radius 2 is 2.00 bits per heavy atom. The van der Waals surface area contributed by atoms with E-state index in [-0.39, 0.29) is 29.4 Å². The number of benzene rings is 1. The van der Waals surface area contributed by atoms with Gasteiger partial charge in [0.1, 0.15) is 11.3 Å². The van der Waals surface area contributed by atoms with Crippen LogP contribution in [-0.4, -0.2) is 26.2 Å². The molecule has 0 unspecified atom stereocenters. The van der Waals surface area contributed by atoms with Gasteiger partial charge in [-0.05, 0) is 45.2 Å². The highest BCUT2D eigenvalue weighted by Gasteiger charge is 2.34. The van der Waals surface area contributed by atoms with Crippen molar-refractivity contribution >= 4 is 22.9 Å². The summed E-state index contributed by atoms with van der Waals surface area (Å²) in [5.41, 5.74) is -2.61. The third-order valence-electron chi connectivity index (χ3n) is 4.35. The Kier molecular flexibility index (Phi) is 4.46. The molecule has 1 fully saturated rings. The van der Waals surface area contributed by atoms with Gasteiger partial charge < -0.3 is 9.67 Å². The van der Waals surface area contributed by atoms with E-state index in [9.17, 15) is 27.5 Å². The van der Waals surface area contributed by atoms with E-state index in [1.807, 2.05) is 0 Å². The first kappa shape index (κ1) is 18.6. The number of carbonyl (C=O) groups is 1. The van der Waals surface area contributed by atoms with Crippen molar-refractivity contribution in [2.45, 2.75) is 57.3 Å². The number of halogens is 4. The lowest BCUT2D eigenvalue weighted by molar-refractivity contribution is -0.137. The Morgan fingerprint density at radius 1 is 1.35 bits per heavy atom. The van der Waals surface area contributed by atoms with Crippen LogP contribution in [0.25, 0.3) is 11.0 Å². The number of alkyl halides is 3. The largest absolute Gasteiger partial charge is 0.416 e. The fourth-order valence-corrected chi connectivity index (χ4v) is 3.00. The van der Waals surface area contributed by atoms with Crippen LogP contribution in [0, 0.1) is 5.82 Å². The molecular formula is C17H19F4N3O2. The molecule has 0 atom stereocenters. The van der Waals surface area contributed by atoms with Gasteiger partial charge in [-0.3, -0.25) is 10.1 Å². The number of carbonyl (C=O) groups excluding carboxylic acids is 1. The van der Waals surface area contributed by atoms with Gasteiger partial charge in [-0.2, -0.15) is 13.2 Å². The van der Waals surface area contributed by atoms with Crippen molar-refractivity contribution < 1.29 is 27.5 Å². The molecule has 0 bridgehead atoms. The number of imidazole rings is 1. The minimum atomic E-state index is -4.69. The zero-order valence-corrected chi connectivity index (χ0v) is 14.3. The number of hydrogen-bond donors (Lipinski definition) is 2. The van der Waals surface area contributed by atoms with Gasteiger partial charge in [-0.25, -0.2) is 9.37 Å². The summed E-state index contributed by atoms with van der Waals surface area (Å²) in [5.74, 6) is -1.58. The third-order valence-corrected chi connectivity index (χ3v) is 4.35. The first-order chi connectivity index (χ1) is 12.0. The van der Waals surface area contributed by atoms with Gasteiger partial charge in [-0.15, -0.1) is 0 Å². The summed E-state index contributed by atoms with van der Waals surface area (Å²) in [6.07, 6.45) is -2.57. The molecule has 0 aliphatic heterocycles. The van der Waals surface area contributed by atoms with Crippen LogP contribution in [0.2, 0.25) is 0 Å². The minimum Gasteiger partial charge on any atom is -0.390 e. The molecule has 1 amide bonds. The van der Waals surface area contributed by atoms with Crippen molar-refractivity contribution in [2.75, 3.05) is 5.32 Å². The second-order valence-electron chi connectivity index (χ2n) is 7.25. The Hall–Kier alpha value is -2.16. The molecule has 1 aromatic carbocycles. The van der Waals surface area contributed by atoms with E-state index in [2.05, 4.69) is 10.3 Å². The van der Waals surface area contributed by atoms with Crippen LogP contribution in [-0.2, 0) is 11.0 Å². The standard InChI is InChI=1S/C17H19F4N3O2/c1-16(2,26)8-13(25)23-15-22-12-7-9(17(19,20)21)6-11(18)14(12)24(15)10-4-3-5-10/h6-7,10,26H,3-5,8H2,1-2H3,(H,22,23,25). The lowest BCUT2D eigenvalue weighted by Crippen LogP contribution is -2.29. The molecule has 1 heterocycles. The Bertz CT molecular complexity index is 848. The fourth-order valence-electron chi connectivity index (χ4n) is 3.00. The summed E-state index contributed by atoms with van der Waals surface area (Å²) in [7, 11) is 0. The molecule has 2 aromatic rings. The van der Waals surface area contributed by atoms with E-state index in [1.54, 1.807) is 0 Å². The van der Waals surface area contributed by atoms with Crippen molar-refractivity contribution in [2.24, 2.45) is 0 Å². The highest BCUT2D eigenvalue weighted by atomic mass is 19.4. The van der Waals surface area contributed by atoms with Crippen molar-refractivity contribution in [3.8, 4) is 0 Å². The van der Waals surface area contributed by atoms with E-state index in [0.29, 0.717) is 6.07 Å². The van der Waals surface area contributed by atoms with E-state index in [4.69, 9.17) is 0 Å². The Labute approximate surface area is 147 Å². The number of aromatic nitrogens is 2. The summed E-state index contributed by atoms with van der Waals surface area (Å²) in [6.45, 7) is 2.91. The van der Waals surface area contributed by atoms with Gasteiger partial charge in [0.25, 0.3) is 0 Å². The number of aliphatic hydroxyl groups is 1. The monoisotopic (exact) mass is 373 g/mol. The smallest absolute Gasteiger partial charge is 0.390 e. The number of hydrogen-bond acceptors (Lipinski definition) is 3. The van der Waals surface area contributed by atoms with Crippen LogP contribution in [0.5, 0.6) is 0 Å². The van der Waals surface area contributed by atoms with Gasteiger partial charge in [0, 0.05) is 6.04 Å². The molecular weight excluding hydrogens is 354 g/mol. The van der Waals surface area contributed by atoms with Gasteiger partial charge in [0.05, 0.1) is 23.1 Å². The maximum absolute atomic E-state index is 14.5. The van der Waals surface area contributed by atoms with Crippen molar-refractivity contribution in [1.29, 1.82) is 0 Å². The second-order valence-corrected chi connectivity index (χ2v) is 7.25. The molecule has 9 heteroatoms.